The van der Waals surface area contributed by atoms with E-state index in [1.165, 1.54) is 0 Å². The number of hydrogen-bond acceptors (Lipinski definition) is 2. The van der Waals surface area contributed by atoms with E-state index in [1.54, 1.807) is 32.7 Å². The van der Waals surface area contributed by atoms with Crippen molar-refractivity contribution >= 4 is 12.0 Å². The highest BCUT2D eigenvalue weighted by Gasteiger charge is 2.36. The molecule has 1 aliphatic rings. The number of aliphatic carboxylic acids is 1. The van der Waals surface area contributed by atoms with E-state index in [0.29, 0.717) is 18.4 Å². The third kappa shape index (κ3) is 3.89. The number of nitrogens with zero attached hydrogens (tertiary/aromatic N) is 1. The van der Waals surface area contributed by atoms with Crippen LogP contribution in [0, 0.1) is 17.3 Å². The summed E-state index contributed by atoms with van der Waals surface area (Å²) in [5, 5.41) is 11.7. The third-order valence-electron chi connectivity index (χ3n) is 3.51. The van der Waals surface area contributed by atoms with E-state index < -0.39 is 17.4 Å². The lowest BCUT2D eigenvalue weighted by Crippen LogP contribution is -2.52. The van der Waals surface area contributed by atoms with E-state index in [2.05, 4.69) is 12.2 Å². The van der Waals surface area contributed by atoms with Crippen molar-refractivity contribution in [2.45, 2.75) is 40.2 Å². The zero-order chi connectivity index (χ0) is 14.1. The molecule has 0 heterocycles. The van der Waals surface area contributed by atoms with Gasteiger partial charge >= 0.3 is 12.0 Å². The number of amides is 2. The summed E-state index contributed by atoms with van der Waals surface area (Å²) >= 11 is 0. The Hall–Kier alpha value is -1.26. The molecule has 0 aliphatic heterocycles. The highest BCUT2D eigenvalue weighted by Crippen LogP contribution is 2.37. The summed E-state index contributed by atoms with van der Waals surface area (Å²) in [5.41, 5.74) is -0.505. The largest absolute Gasteiger partial charge is 0.480 e. The summed E-state index contributed by atoms with van der Waals surface area (Å²) in [6.45, 7) is 8.26. The van der Waals surface area contributed by atoms with Crippen molar-refractivity contribution in [1.82, 2.24) is 10.2 Å². The second-order valence-corrected chi connectivity index (χ2v) is 6.44. The lowest BCUT2D eigenvalue weighted by Gasteiger charge is -2.29. The maximum Gasteiger partial charge on any atom is 0.326 e. The Morgan fingerprint density at radius 1 is 1.44 bits per heavy atom. The van der Waals surface area contributed by atoms with Gasteiger partial charge in [0.15, 0.2) is 0 Å². The van der Waals surface area contributed by atoms with Gasteiger partial charge in [0.05, 0.1) is 0 Å². The molecule has 2 amide bonds. The summed E-state index contributed by atoms with van der Waals surface area (Å²) in [6.07, 6.45) is 1.15. The Morgan fingerprint density at radius 2 is 1.94 bits per heavy atom. The minimum Gasteiger partial charge on any atom is -0.480 e. The van der Waals surface area contributed by atoms with Gasteiger partial charge in [0.2, 0.25) is 0 Å². The summed E-state index contributed by atoms with van der Waals surface area (Å²) in [6, 6.07) is -1.18. The van der Waals surface area contributed by atoms with Crippen LogP contribution in [0.15, 0.2) is 0 Å². The van der Waals surface area contributed by atoms with Gasteiger partial charge in [-0.2, -0.15) is 0 Å². The zero-order valence-corrected chi connectivity index (χ0v) is 11.9. The number of carbonyl (C=O) groups is 2. The van der Waals surface area contributed by atoms with Crippen LogP contribution in [0.5, 0.6) is 0 Å². The molecule has 18 heavy (non-hydrogen) atoms. The van der Waals surface area contributed by atoms with Crippen LogP contribution < -0.4 is 5.32 Å². The van der Waals surface area contributed by atoms with Gasteiger partial charge in [-0.05, 0) is 23.7 Å². The Balaban J connectivity index is 2.53. The van der Waals surface area contributed by atoms with Crippen LogP contribution in [0.1, 0.15) is 34.1 Å². The minimum atomic E-state index is -0.996. The summed E-state index contributed by atoms with van der Waals surface area (Å²) in [7, 11) is 1.71. The van der Waals surface area contributed by atoms with Crippen LogP contribution in [0.4, 0.5) is 4.79 Å². The molecule has 104 valence electrons. The fourth-order valence-electron chi connectivity index (χ4n) is 1.97. The Bertz CT molecular complexity index is 336. The Kier molecular flexibility index (Phi) is 4.24. The van der Waals surface area contributed by atoms with Crippen LogP contribution in [0.25, 0.3) is 0 Å². The van der Waals surface area contributed by atoms with Crippen molar-refractivity contribution < 1.29 is 14.7 Å². The van der Waals surface area contributed by atoms with Crippen molar-refractivity contribution in [3.63, 3.8) is 0 Å². The predicted octanol–water partition coefficient (Wildman–Crippen LogP) is 1.78. The Labute approximate surface area is 109 Å². The highest BCUT2D eigenvalue weighted by molar-refractivity contribution is 5.83. The molecule has 0 bridgehead atoms. The molecule has 0 aromatic rings. The van der Waals surface area contributed by atoms with E-state index in [-0.39, 0.29) is 6.03 Å². The molecule has 1 fully saturated rings. The standard InChI is InChI=1S/C13H24N2O3/c1-8-6-9(8)7-15(5)12(18)14-10(11(16)17)13(2,3)4/h8-10H,6-7H2,1-5H3,(H,14,18)(H,16,17). The third-order valence-corrected chi connectivity index (χ3v) is 3.51. The molecular formula is C13H24N2O3. The first-order valence-electron chi connectivity index (χ1n) is 6.37. The molecule has 2 N–H and O–H groups in total. The first-order chi connectivity index (χ1) is 8.12. The number of urea groups is 1. The number of rotatable bonds is 4. The van der Waals surface area contributed by atoms with E-state index in [9.17, 15) is 9.59 Å². The predicted molar refractivity (Wildman–Crippen MR) is 69.3 cm³/mol. The summed E-state index contributed by atoms with van der Waals surface area (Å²) in [5.74, 6) is 0.251. The van der Waals surface area contributed by atoms with Gasteiger partial charge in [0.1, 0.15) is 6.04 Å². The molecule has 1 saturated carbocycles. The normalized spacial score (nSPS) is 24.3. The van der Waals surface area contributed by atoms with Crippen LogP contribution in [-0.4, -0.2) is 41.6 Å². The second-order valence-electron chi connectivity index (χ2n) is 6.44. The lowest BCUT2D eigenvalue weighted by molar-refractivity contribution is -0.142. The molecule has 5 heteroatoms. The number of carboxylic acid groups (broad SMARTS) is 1. The molecule has 0 saturated heterocycles. The molecule has 0 aromatic heterocycles. The number of carbonyl (C=O) groups excluding carboxylic acids is 1. The zero-order valence-electron chi connectivity index (χ0n) is 11.9. The van der Waals surface area contributed by atoms with Crippen LogP contribution in [-0.2, 0) is 4.79 Å². The fourth-order valence-corrected chi connectivity index (χ4v) is 1.97. The van der Waals surface area contributed by atoms with Gasteiger partial charge < -0.3 is 15.3 Å². The number of carboxylic acids is 1. The van der Waals surface area contributed by atoms with Crippen LogP contribution >= 0.6 is 0 Å². The van der Waals surface area contributed by atoms with Gasteiger partial charge in [-0.1, -0.05) is 27.7 Å². The topological polar surface area (TPSA) is 69.6 Å². The lowest BCUT2D eigenvalue weighted by atomic mass is 9.87. The van der Waals surface area contributed by atoms with Gasteiger partial charge in [-0.25, -0.2) is 9.59 Å². The molecule has 3 atom stereocenters. The van der Waals surface area contributed by atoms with E-state index in [0.717, 1.165) is 6.42 Å². The molecule has 1 rings (SSSR count). The molecule has 5 nitrogen and oxygen atoms in total. The van der Waals surface area contributed by atoms with Crippen molar-refractivity contribution in [2.24, 2.45) is 17.3 Å². The number of hydrogen-bond donors (Lipinski definition) is 2. The molecule has 0 radical (unpaired) electrons. The van der Waals surface area contributed by atoms with Crippen LogP contribution in [0.2, 0.25) is 0 Å². The smallest absolute Gasteiger partial charge is 0.326 e. The first kappa shape index (κ1) is 14.8. The summed E-state index contributed by atoms with van der Waals surface area (Å²) < 4.78 is 0. The number of nitrogens with one attached hydrogen (secondary N) is 1. The summed E-state index contributed by atoms with van der Waals surface area (Å²) in [4.78, 5) is 24.7. The van der Waals surface area contributed by atoms with Gasteiger partial charge in [0.25, 0.3) is 0 Å². The van der Waals surface area contributed by atoms with Crippen molar-refractivity contribution in [3.8, 4) is 0 Å². The van der Waals surface area contributed by atoms with E-state index in [1.807, 2.05) is 0 Å². The molecular weight excluding hydrogens is 232 g/mol. The van der Waals surface area contributed by atoms with Crippen molar-refractivity contribution in [3.05, 3.63) is 0 Å². The van der Waals surface area contributed by atoms with Crippen LogP contribution in [0.3, 0.4) is 0 Å². The van der Waals surface area contributed by atoms with Gasteiger partial charge in [-0.3, -0.25) is 0 Å². The fraction of sp³-hybridized carbons (Fsp3) is 0.846. The van der Waals surface area contributed by atoms with Gasteiger partial charge in [-0.15, -0.1) is 0 Å². The monoisotopic (exact) mass is 256 g/mol. The van der Waals surface area contributed by atoms with E-state index in [4.69, 9.17) is 5.11 Å². The van der Waals surface area contributed by atoms with E-state index >= 15 is 0 Å². The first-order valence-corrected chi connectivity index (χ1v) is 6.37. The SMILES string of the molecule is CC1CC1CN(C)C(=O)NC(C(=O)O)C(C)(C)C. The minimum absolute atomic E-state index is 0.309. The average Bonchev–Trinajstić information content (AvgIpc) is 2.87. The Morgan fingerprint density at radius 3 is 2.28 bits per heavy atom. The maximum atomic E-state index is 11.9. The quantitative estimate of drug-likeness (QED) is 0.805. The van der Waals surface area contributed by atoms with Crippen molar-refractivity contribution in [2.75, 3.05) is 13.6 Å². The van der Waals surface area contributed by atoms with Gasteiger partial charge in [0, 0.05) is 13.6 Å². The molecule has 1 aliphatic carbocycles. The second kappa shape index (κ2) is 5.16. The molecule has 0 aromatic carbocycles. The highest BCUT2D eigenvalue weighted by atomic mass is 16.4. The maximum absolute atomic E-state index is 11.9. The molecule has 0 spiro atoms. The molecule has 3 unspecified atom stereocenters. The van der Waals surface area contributed by atoms with Crippen molar-refractivity contribution in [1.29, 1.82) is 0 Å². The average molecular weight is 256 g/mol.